The summed E-state index contributed by atoms with van der Waals surface area (Å²) in [7, 11) is 0. The fourth-order valence-electron chi connectivity index (χ4n) is 2.87. The molecule has 0 unspecified atom stereocenters. The van der Waals surface area contributed by atoms with Crippen LogP contribution in [0.4, 0.5) is 5.69 Å². The second-order valence-corrected chi connectivity index (χ2v) is 6.72. The summed E-state index contributed by atoms with van der Waals surface area (Å²) < 4.78 is 11.2. The Bertz CT molecular complexity index is 1220. The van der Waals surface area contributed by atoms with Crippen LogP contribution in [-0.2, 0) is 4.79 Å². The van der Waals surface area contributed by atoms with Gasteiger partial charge < -0.3 is 19.6 Å². The normalized spacial score (nSPS) is 10.7. The molecule has 0 fully saturated rings. The molecule has 0 saturated heterocycles. The zero-order chi connectivity index (χ0) is 21.1. The van der Waals surface area contributed by atoms with E-state index in [1.54, 1.807) is 48.5 Å². The molecule has 30 heavy (non-hydrogen) atoms. The Morgan fingerprint density at radius 1 is 1.07 bits per heavy atom. The average Bonchev–Trinajstić information content (AvgIpc) is 3.16. The zero-order valence-corrected chi connectivity index (χ0v) is 16.2. The number of benzene rings is 3. The molecule has 0 aliphatic carbocycles. The first-order chi connectivity index (χ1) is 14.5. The second kappa shape index (κ2) is 8.26. The Hall–Kier alpha value is -3.84. The number of oxazole rings is 1. The quantitative estimate of drug-likeness (QED) is 0.460. The number of carboxylic acid groups (broad SMARTS) is 1. The highest BCUT2D eigenvalue weighted by Crippen LogP contribution is 2.34. The minimum atomic E-state index is -1.14. The Kier molecular flexibility index (Phi) is 5.36. The average molecular weight is 423 g/mol. The van der Waals surface area contributed by atoms with E-state index >= 15 is 0 Å². The lowest BCUT2D eigenvalue weighted by molar-refractivity contribution is -0.139. The van der Waals surface area contributed by atoms with Crippen LogP contribution >= 0.6 is 11.6 Å². The predicted molar refractivity (Wildman–Crippen MR) is 112 cm³/mol. The third-order valence-electron chi connectivity index (χ3n) is 4.23. The third-order valence-corrected chi connectivity index (χ3v) is 4.56. The number of nitrogens with one attached hydrogen (secondary N) is 1. The van der Waals surface area contributed by atoms with Gasteiger partial charge in [-0.25, -0.2) is 9.78 Å². The summed E-state index contributed by atoms with van der Waals surface area (Å²) in [6.07, 6.45) is 0. The van der Waals surface area contributed by atoms with E-state index in [1.807, 2.05) is 12.1 Å². The van der Waals surface area contributed by atoms with Gasteiger partial charge in [-0.1, -0.05) is 35.9 Å². The molecule has 0 saturated carbocycles. The number of carboxylic acids is 1. The van der Waals surface area contributed by atoms with Crippen molar-refractivity contribution in [3.8, 4) is 17.2 Å². The van der Waals surface area contributed by atoms with E-state index in [0.29, 0.717) is 32.9 Å². The molecular weight excluding hydrogens is 408 g/mol. The van der Waals surface area contributed by atoms with Crippen molar-refractivity contribution in [2.24, 2.45) is 0 Å². The SMILES string of the molecule is O=C(O)COc1cc(NC(=O)c2ccccc2Cl)ccc1-c1nc2ccccc2o1. The van der Waals surface area contributed by atoms with Gasteiger partial charge >= 0.3 is 5.97 Å². The van der Waals surface area contributed by atoms with Crippen molar-refractivity contribution < 1.29 is 23.8 Å². The van der Waals surface area contributed by atoms with Gasteiger partial charge in [-0.15, -0.1) is 0 Å². The van der Waals surface area contributed by atoms with E-state index < -0.39 is 18.5 Å². The van der Waals surface area contributed by atoms with Crippen LogP contribution in [0.5, 0.6) is 5.75 Å². The summed E-state index contributed by atoms with van der Waals surface area (Å²) in [5.74, 6) is -1.05. The number of para-hydroxylation sites is 2. The van der Waals surface area contributed by atoms with Crippen LogP contribution in [0.15, 0.2) is 71.1 Å². The first-order valence-electron chi connectivity index (χ1n) is 8.92. The summed E-state index contributed by atoms with van der Waals surface area (Å²) in [6, 6.07) is 18.7. The van der Waals surface area contributed by atoms with Gasteiger partial charge in [0.05, 0.1) is 16.1 Å². The minimum absolute atomic E-state index is 0.209. The Labute approximate surface area is 175 Å². The fourth-order valence-corrected chi connectivity index (χ4v) is 3.09. The first-order valence-corrected chi connectivity index (χ1v) is 9.29. The highest BCUT2D eigenvalue weighted by molar-refractivity contribution is 6.34. The maximum Gasteiger partial charge on any atom is 0.341 e. The molecule has 1 aromatic heterocycles. The number of carbonyl (C=O) groups excluding carboxylic acids is 1. The van der Waals surface area contributed by atoms with Gasteiger partial charge in [0.25, 0.3) is 5.91 Å². The van der Waals surface area contributed by atoms with E-state index in [9.17, 15) is 9.59 Å². The number of hydrogen-bond donors (Lipinski definition) is 2. The molecule has 0 bridgehead atoms. The monoisotopic (exact) mass is 422 g/mol. The molecule has 2 N–H and O–H groups in total. The number of hydrogen-bond acceptors (Lipinski definition) is 5. The van der Waals surface area contributed by atoms with Crippen molar-refractivity contribution in [1.29, 1.82) is 0 Å². The number of nitrogens with zero attached hydrogens (tertiary/aromatic N) is 1. The van der Waals surface area contributed by atoms with Crippen molar-refractivity contribution in [3.63, 3.8) is 0 Å². The number of aromatic nitrogens is 1. The summed E-state index contributed by atoms with van der Waals surface area (Å²) in [6.45, 7) is -0.560. The van der Waals surface area contributed by atoms with Crippen LogP contribution in [0, 0.1) is 0 Å². The number of aliphatic carboxylic acids is 1. The van der Waals surface area contributed by atoms with Crippen LogP contribution in [0.2, 0.25) is 5.02 Å². The van der Waals surface area contributed by atoms with Crippen molar-refractivity contribution in [2.75, 3.05) is 11.9 Å². The van der Waals surface area contributed by atoms with E-state index in [2.05, 4.69) is 10.3 Å². The first kappa shape index (κ1) is 19.5. The summed E-state index contributed by atoms with van der Waals surface area (Å²) in [5, 5.41) is 12.0. The molecule has 0 aliphatic heterocycles. The van der Waals surface area contributed by atoms with E-state index in [0.717, 1.165) is 0 Å². The molecule has 3 aromatic carbocycles. The van der Waals surface area contributed by atoms with Crippen LogP contribution in [0.1, 0.15) is 10.4 Å². The van der Waals surface area contributed by atoms with E-state index in [-0.39, 0.29) is 11.6 Å². The lowest BCUT2D eigenvalue weighted by atomic mass is 10.1. The van der Waals surface area contributed by atoms with E-state index in [4.69, 9.17) is 25.9 Å². The highest BCUT2D eigenvalue weighted by Gasteiger charge is 2.17. The van der Waals surface area contributed by atoms with Crippen molar-refractivity contribution in [1.82, 2.24) is 4.98 Å². The summed E-state index contributed by atoms with van der Waals surface area (Å²) in [5.41, 5.74) is 2.43. The maximum atomic E-state index is 12.5. The van der Waals surface area contributed by atoms with Gasteiger partial charge in [-0.3, -0.25) is 4.79 Å². The molecular formula is C22H15ClN2O5. The Balaban J connectivity index is 1.68. The Morgan fingerprint density at radius 2 is 1.83 bits per heavy atom. The van der Waals surface area contributed by atoms with Crippen LogP contribution in [0.25, 0.3) is 22.6 Å². The number of ether oxygens (including phenoxy) is 1. The zero-order valence-electron chi connectivity index (χ0n) is 15.5. The molecule has 1 heterocycles. The summed E-state index contributed by atoms with van der Waals surface area (Å²) in [4.78, 5) is 27.9. The summed E-state index contributed by atoms with van der Waals surface area (Å²) >= 11 is 6.07. The molecule has 4 rings (SSSR count). The molecule has 0 spiro atoms. The van der Waals surface area contributed by atoms with Crippen LogP contribution in [-0.4, -0.2) is 28.6 Å². The standard InChI is InChI=1S/C22H15ClN2O5/c23-16-6-2-1-5-14(16)21(28)24-13-9-10-15(19(11-13)29-12-20(26)27)22-25-17-7-3-4-8-18(17)30-22/h1-11H,12H2,(H,24,28)(H,26,27). The molecule has 150 valence electrons. The number of carbonyl (C=O) groups is 2. The van der Waals surface area contributed by atoms with Crippen molar-refractivity contribution in [3.05, 3.63) is 77.3 Å². The fraction of sp³-hybridized carbons (Fsp3) is 0.0455. The van der Waals surface area contributed by atoms with Gasteiger partial charge in [0.2, 0.25) is 5.89 Å². The number of halogens is 1. The number of rotatable bonds is 6. The van der Waals surface area contributed by atoms with Gasteiger partial charge in [0, 0.05) is 11.8 Å². The predicted octanol–water partition coefficient (Wildman–Crippen LogP) is 4.86. The maximum absolute atomic E-state index is 12.5. The molecule has 7 nitrogen and oxygen atoms in total. The molecule has 0 aliphatic rings. The lowest BCUT2D eigenvalue weighted by Gasteiger charge is -2.12. The largest absolute Gasteiger partial charge is 0.481 e. The molecule has 0 atom stereocenters. The van der Waals surface area contributed by atoms with Crippen LogP contribution in [0.3, 0.4) is 0 Å². The van der Waals surface area contributed by atoms with E-state index in [1.165, 1.54) is 6.07 Å². The molecule has 1 amide bonds. The van der Waals surface area contributed by atoms with Crippen LogP contribution < -0.4 is 10.1 Å². The van der Waals surface area contributed by atoms with Gasteiger partial charge in [0.1, 0.15) is 11.3 Å². The van der Waals surface area contributed by atoms with Gasteiger partial charge in [-0.05, 0) is 36.4 Å². The highest BCUT2D eigenvalue weighted by atomic mass is 35.5. The molecule has 4 aromatic rings. The number of amides is 1. The second-order valence-electron chi connectivity index (χ2n) is 6.31. The molecule has 0 radical (unpaired) electrons. The topological polar surface area (TPSA) is 102 Å². The van der Waals surface area contributed by atoms with Crippen molar-refractivity contribution in [2.45, 2.75) is 0 Å². The Morgan fingerprint density at radius 3 is 2.60 bits per heavy atom. The minimum Gasteiger partial charge on any atom is -0.481 e. The number of anilines is 1. The van der Waals surface area contributed by atoms with Crippen molar-refractivity contribution >= 4 is 40.3 Å². The number of fused-ring (bicyclic) bond motifs is 1. The van der Waals surface area contributed by atoms with Gasteiger partial charge in [0.15, 0.2) is 12.2 Å². The molecule has 8 heteroatoms. The smallest absolute Gasteiger partial charge is 0.341 e. The van der Waals surface area contributed by atoms with Gasteiger partial charge in [-0.2, -0.15) is 0 Å². The third kappa shape index (κ3) is 4.11. The lowest BCUT2D eigenvalue weighted by Crippen LogP contribution is -2.13.